The summed E-state index contributed by atoms with van der Waals surface area (Å²) in [6, 6.07) is 4.38. The Morgan fingerprint density at radius 2 is 1.56 bits per heavy atom. The molecular weight excluding hydrogens is 444 g/mol. The first-order valence-corrected chi connectivity index (χ1v) is 14.1. The molecule has 0 atom stereocenters. The molecule has 1 aliphatic carbocycles. The van der Waals surface area contributed by atoms with Crippen molar-refractivity contribution in [1.29, 1.82) is 0 Å². The molecule has 0 unspecified atom stereocenters. The lowest BCUT2D eigenvalue weighted by molar-refractivity contribution is 0.00152. The predicted molar refractivity (Wildman–Crippen MR) is 154 cm³/mol. The number of aryl methyl sites for hydroxylation is 3. The Labute approximate surface area is 220 Å². The van der Waals surface area contributed by atoms with E-state index in [1.165, 1.54) is 54.7 Å². The molecule has 36 heavy (non-hydrogen) atoms. The number of hydrogen-bond acceptors (Lipinski definition) is 4. The van der Waals surface area contributed by atoms with E-state index in [0.29, 0.717) is 11.9 Å². The summed E-state index contributed by atoms with van der Waals surface area (Å²) in [5.41, 5.74) is 7.01. The number of allylic oxidation sites excluding steroid dienone is 4. The van der Waals surface area contributed by atoms with Crippen LogP contribution in [0.3, 0.4) is 0 Å². The maximum Gasteiger partial charge on any atom is 0.103 e. The Morgan fingerprint density at radius 3 is 2.11 bits per heavy atom. The molecule has 0 spiro atoms. The van der Waals surface area contributed by atoms with Crippen molar-refractivity contribution in [3.8, 4) is 0 Å². The third kappa shape index (κ3) is 8.33. The minimum absolute atomic E-state index is 0.196. The van der Waals surface area contributed by atoms with Crippen molar-refractivity contribution in [3.63, 3.8) is 0 Å². The van der Waals surface area contributed by atoms with Crippen LogP contribution in [0.2, 0.25) is 0 Å². The molecule has 2 fully saturated rings. The fraction of sp³-hybridized carbons (Fsp3) is 0.625. The van der Waals surface area contributed by atoms with Gasteiger partial charge < -0.3 is 14.7 Å². The Balaban J connectivity index is 1.38. The highest BCUT2D eigenvalue weighted by Gasteiger charge is 2.27. The smallest absolute Gasteiger partial charge is 0.103 e. The van der Waals surface area contributed by atoms with Crippen LogP contribution in [-0.2, 0) is 4.74 Å². The van der Waals surface area contributed by atoms with Gasteiger partial charge in [0.1, 0.15) is 5.76 Å². The molecule has 1 saturated heterocycles. The van der Waals surface area contributed by atoms with Crippen LogP contribution >= 0.6 is 0 Å². The van der Waals surface area contributed by atoms with Crippen molar-refractivity contribution in [3.05, 3.63) is 65.0 Å². The number of benzene rings is 1. The number of unbranched alkanes of at least 4 members (excludes halogenated alkanes) is 1. The van der Waals surface area contributed by atoms with E-state index in [2.05, 4.69) is 62.8 Å². The molecule has 1 saturated carbocycles. The van der Waals surface area contributed by atoms with Gasteiger partial charge in [0.25, 0.3) is 0 Å². The fourth-order valence-electron chi connectivity index (χ4n) is 6.01. The summed E-state index contributed by atoms with van der Waals surface area (Å²) in [5.74, 6) is 0.706. The van der Waals surface area contributed by atoms with Crippen molar-refractivity contribution in [2.75, 3.05) is 45.9 Å². The van der Waals surface area contributed by atoms with E-state index in [1.54, 1.807) is 0 Å². The van der Waals surface area contributed by atoms with Crippen LogP contribution in [0, 0.1) is 26.7 Å². The Bertz CT molecular complexity index is 880. The zero-order chi connectivity index (χ0) is 26.1. The summed E-state index contributed by atoms with van der Waals surface area (Å²) in [6.45, 7) is 24.3. The monoisotopic (exact) mass is 494 g/mol. The number of nitrogens with zero attached hydrogens (tertiary/aromatic N) is 2. The third-order valence-electron chi connectivity index (χ3n) is 8.04. The van der Waals surface area contributed by atoms with E-state index in [4.69, 9.17) is 4.74 Å². The van der Waals surface area contributed by atoms with Gasteiger partial charge in [-0.15, -0.1) is 6.58 Å². The van der Waals surface area contributed by atoms with Gasteiger partial charge in [0.05, 0.1) is 12.7 Å². The van der Waals surface area contributed by atoms with Gasteiger partial charge in [0, 0.05) is 44.2 Å². The van der Waals surface area contributed by atoms with Crippen molar-refractivity contribution in [2.45, 2.75) is 78.7 Å². The Kier molecular flexibility index (Phi) is 11.3. The second-order valence-corrected chi connectivity index (χ2v) is 11.2. The molecule has 1 aromatic rings. The summed E-state index contributed by atoms with van der Waals surface area (Å²) in [5, 5.41) is 11.2. The topological polar surface area (TPSA) is 35.9 Å². The minimum atomic E-state index is 0.196. The van der Waals surface area contributed by atoms with Gasteiger partial charge in [-0.3, -0.25) is 4.90 Å². The molecule has 200 valence electrons. The molecule has 0 aromatic heterocycles. The van der Waals surface area contributed by atoms with Crippen LogP contribution < -0.4 is 0 Å². The van der Waals surface area contributed by atoms with Gasteiger partial charge in [-0.25, -0.2) is 0 Å². The largest absolute Gasteiger partial charge is 0.511 e. The molecule has 4 heteroatoms. The number of ether oxygens (including phenoxy) is 1. The molecule has 4 nitrogen and oxygen atoms in total. The van der Waals surface area contributed by atoms with Crippen molar-refractivity contribution >= 4 is 5.57 Å². The van der Waals surface area contributed by atoms with Crippen LogP contribution in [0.25, 0.3) is 5.57 Å². The van der Waals surface area contributed by atoms with Gasteiger partial charge in [-0.05, 0) is 95.9 Å². The molecular formula is C32H50N2O2. The van der Waals surface area contributed by atoms with Gasteiger partial charge in [-0.2, -0.15) is 0 Å². The number of aliphatic hydroxyl groups is 1. The first-order chi connectivity index (χ1) is 17.3. The first kappa shape index (κ1) is 28.7. The van der Waals surface area contributed by atoms with Gasteiger partial charge >= 0.3 is 0 Å². The molecule has 1 aromatic carbocycles. The van der Waals surface area contributed by atoms with Gasteiger partial charge in [0.2, 0.25) is 0 Å². The van der Waals surface area contributed by atoms with Gasteiger partial charge in [0.15, 0.2) is 0 Å². The summed E-state index contributed by atoms with van der Waals surface area (Å²) < 4.78 is 6.28. The molecule has 0 amide bonds. The molecule has 1 heterocycles. The van der Waals surface area contributed by atoms with E-state index >= 15 is 0 Å². The third-order valence-corrected chi connectivity index (χ3v) is 8.04. The van der Waals surface area contributed by atoms with Crippen LogP contribution in [0.1, 0.15) is 74.1 Å². The Hall–Kier alpha value is -1.88. The van der Waals surface area contributed by atoms with Crippen LogP contribution in [-0.4, -0.2) is 66.9 Å². The van der Waals surface area contributed by atoms with Crippen LogP contribution in [0.5, 0.6) is 0 Å². The van der Waals surface area contributed by atoms with Crippen molar-refractivity contribution in [2.24, 2.45) is 5.92 Å². The lowest BCUT2D eigenvalue weighted by atomic mass is 9.82. The maximum atomic E-state index is 11.2. The first-order valence-electron chi connectivity index (χ1n) is 14.1. The van der Waals surface area contributed by atoms with E-state index in [-0.39, 0.29) is 5.92 Å². The number of hydrogen-bond donors (Lipinski definition) is 1. The second kappa shape index (κ2) is 14.2. The van der Waals surface area contributed by atoms with Gasteiger partial charge in [-0.1, -0.05) is 35.9 Å². The van der Waals surface area contributed by atoms with E-state index < -0.39 is 0 Å². The van der Waals surface area contributed by atoms with E-state index in [1.807, 2.05) is 6.08 Å². The van der Waals surface area contributed by atoms with Crippen LogP contribution in [0.15, 0.2) is 42.7 Å². The lowest BCUT2D eigenvalue weighted by Gasteiger charge is -2.35. The zero-order valence-corrected chi connectivity index (χ0v) is 23.5. The van der Waals surface area contributed by atoms with Crippen molar-refractivity contribution < 1.29 is 9.84 Å². The molecule has 0 radical (unpaired) electrons. The molecule has 0 bridgehead atoms. The zero-order valence-electron chi connectivity index (χ0n) is 23.5. The standard InChI is InChI=1S/C32H50N2O2/c1-7-30(31-26(5)22-25(4)23-27(31)6)32(35)28-11-13-29(14-12-28)36-21-20-34-18-16-33(17-19-34)15-9-8-10-24(2)3/h7,22-23,28-29,35H,1-2,8-21H2,3-6H3/b32-30-. The highest BCUT2D eigenvalue weighted by atomic mass is 16.5. The average Bonchev–Trinajstić information content (AvgIpc) is 2.85. The van der Waals surface area contributed by atoms with Crippen molar-refractivity contribution in [1.82, 2.24) is 9.80 Å². The summed E-state index contributed by atoms with van der Waals surface area (Å²) in [4.78, 5) is 5.15. The molecule has 1 aliphatic heterocycles. The summed E-state index contributed by atoms with van der Waals surface area (Å²) >= 11 is 0. The normalized spacial score (nSPS) is 22.3. The fourth-order valence-corrected chi connectivity index (χ4v) is 6.01. The summed E-state index contributed by atoms with van der Waals surface area (Å²) in [6.07, 6.45) is 9.84. The summed E-state index contributed by atoms with van der Waals surface area (Å²) in [7, 11) is 0. The highest BCUT2D eigenvalue weighted by Crippen LogP contribution is 2.36. The number of aliphatic hydroxyl groups excluding tert-OH is 1. The molecule has 2 aliphatic rings. The maximum absolute atomic E-state index is 11.2. The minimum Gasteiger partial charge on any atom is -0.511 e. The molecule has 3 rings (SSSR count). The van der Waals surface area contributed by atoms with E-state index in [9.17, 15) is 5.11 Å². The SMILES string of the molecule is C=C/C(=C(/O)C1CCC(OCCN2CCN(CCCCC(=C)C)CC2)CC1)c1c(C)cc(C)cc1C. The predicted octanol–water partition coefficient (Wildman–Crippen LogP) is 7.01. The Morgan fingerprint density at radius 1 is 0.972 bits per heavy atom. The highest BCUT2D eigenvalue weighted by molar-refractivity contribution is 5.79. The number of piperazine rings is 1. The van der Waals surface area contributed by atoms with Crippen LogP contribution in [0.4, 0.5) is 0 Å². The second-order valence-electron chi connectivity index (χ2n) is 11.2. The van der Waals surface area contributed by atoms with E-state index in [0.717, 1.165) is 69.5 Å². The lowest BCUT2D eigenvalue weighted by Crippen LogP contribution is -2.47. The quantitative estimate of drug-likeness (QED) is 0.147. The average molecular weight is 495 g/mol. The molecule has 1 N–H and O–H groups in total. The number of rotatable bonds is 12.